The van der Waals surface area contributed by atoms with Gasteiger partial charge in [-0.05, 0) is 57.5 Å². The molecule has 0 radical (unpaired) electrons. The number of allylic oxidation sites excluding steroid dienone is 5. The van der Waals surface area contributed by atoms with Gasteiger partial charge in [0.2, 0.25) is 0 Å². The Morgan fingerprint density at radius 2 is 1.40 bits per heavy atom. The molecule has 0 aliphatic carbocycles. The predicted molar refractivity (Wildman–Crippen MR) is 79.4 cm³/mol. The van der Waals surface area contributed by atoms with Gasteiger partial charge in [-0.25, -0.2) is 0 Å². The van der Waals surface area contributed by atoms with E-state index in [-0.39, 0.29) is 0 Å². The van der Waals surface area contributed by atoms with Crippen LogP contribution in [0.2, 0.25) is 0 Å². The fraction of sp³-hybridized carbons (Fsp3) is 0.571. The highest BCUT2D eigenvalue weighted by molar-refractivity contribution is 14.1. The Morgan fingerprint density at radius 3 is 1.93 bits per heavy atom. The van der Waals surface area contributed by atoms with Gasteiger partial charge in [0.05, 0.1) is 0 Å². The van der Waals surface area contributed by atoms with E-state index in [2.05, 4.69) is 66.5 Å². The molecule has 0 spiro atoms. The van der Waals surface area contributed by atoms with Crippen LogP contribution in [0.4, 0.5) is 0 Å². The van der Waals surface area contributed by atoms with E-state index in [0.717, 1.165) is 0 Å². The van der Waals surface area contributed by atoms with Crippen LogP contribution in [0.3, 0.4) is 0 Å². The molecule has 0 saturated heterocycles. The Morgan fingerprint density at radius 1 is 0.867 bits per heavy atom. The van der Waals surface area contributed by atoms with E-state index >= 15 is 0 Å². The lowest BCUT2D eigenvalue weighted by Gasteiger charge is -2.00. The van der Waals surface area contributed by atoms with Crippen molar-refractivity contribution in [1.29, 1.82) is 0 Å². The van der Waals surface area contributed by atoms with Crippen molar-refractivity contribution >= 4 is 22.6 Å². The SMILES string of the molecule is CC(C)=CCC/C(C)=C/CC/C(C)=C/I. The van der Waals surface area contributed by atoms with Crippen LogP contribution in [0.25, 0.3) is 0 Å². The van der Waals surface area contributed by atoms with Crippen molar-refractivity contribution in [3.8, 4) is 0 Å². The zero-order valence-electron chi connectivity index (χ0n) is 10.4. The molecule has 0 aromatic carbocycles. The first-order chi connectivity index (χ1) is 7.06. The molecule has 15 heavy (non-hydrogen) atoms. The zero-order chi connectivity index (χ0) is 11.7. The number of halogens is 1. The maximum absolute atomic E-state index is 2.38. The first kappa shape index (κ1) is 14.9. The second kappa shape index (κ2) is 9.20. The van der Waals surface area contributed by atoms with E-state index < -0.39 is 0 Å². The highest BCUT2D eigenvalue weighted by Gasteiger charge is 1.90. The van der Waals surface area contributed by atoms with E-state index in [9.17, 15) is 0 Å². The van der Waals surface area contributed by atoms with E-state index in [0.29, 0.717) is 0 Å². The van der Waals surface area contributed by atoms with Crippen LogP contribution in [0.5, 0.6) is 0 Å². The van der Waals surface area contributed by atoms with Crippen molar-refractivity contribution in [3.63, 3.8) is 0 Å². The lowest BCUT2D eigenvalue weighted by atomic mass is 10.1. The summed E-state index contributed by atoms with van der Waals surface area (Å²) < 4.78 is 2.17. The summed E-state index contributed by atoms with van der Waals surface area (Å²) in [4.78, 5) is 0. The van der Waals surface area contributed by atoms with Gasteiger partial charge in [0.25, 0.3) is 0 Å². The summed E-state index contributed by atoms with van der Waals surface area (Å²) in [7, 11) is 0. The molecule has 0 aliphatic heterocycles. The summed E-state index contributed by atoms with van der Waals surface area (Å²) in [6.45, 7) is 8.75. The van der Waals surface area contributed by atoms with E-state index in [4.69, 9.17) is 0 Å². The third kappa shape index (κ3) is 10.2. The standard InChI is InChI=1S/C14H23I/c1-12(2)7-5-8-13(3)9-6-10-14(4)11-15/h7,9,11H,5-6,8,10H2,1-4H3/b13-9+,14-11+. The lowest BCUT2D eigenvalue weighted by Crippen LogP contribution is -1.79. The van der Waals surface area contributed by atoms with E-state index in [1.54, 1.807) is 0 Å². The molecule has 0 rings (SSSR count). The third-order valence-corrected chi connectivity index (χ3v) is 3.37. The molecule has 0 atom stereocenters. The molecule has 0 heterocycles. The van der Waals surface area contributed by atoms with Crippen LogP contribution in [0, 0.1) is 0 Å². The van der Waals surface area contributed by atoms with E-state index in [1.165, 1.54) is 42.4 Å². The normalized spacial score (nSPS) is 12.9. The monoisotopic (exact) mass is 318 g/mol. The summed E-state index contributed by atoms with van der Waals surface area (Å²) in [6.07, 6.45) is 9.47. The molecule has 0 aromatic rings. The van der Waals surface area contributed by atoms with Crippen molar-refractivity contribution in [2.24, 2.45) is 0 Å². The largest absolute Gasteiger partial charge is 0.0856 e. The number of hydrogen-bond acceptors (Lipinski definition) is 0. The molecule has 0 aliphatic rings. The first-order valence-corrected chi connectivity index (χ1v) is 6.85. The first-order valence-electron chi connectivity index (χ1n) is 5.61. The van der Waals surface area contributed by atoms with Crippen LogP contribution in [0.1, 0.15) is 53.4 Å². The maximum Gasteiger partial charge on any atom is -0.0244 e. The van der Waals surface area contributed by atoms with Crippen molar-refractivity contribution in [3.05, 3.63) is 33.0 Å². The minimum atomic E-state index is 1.19. The van der Waals surface area contributed by atoms with Gasteiger partial charge in [-0.15, -0.1) is 0 Å². The van der Waals surface area contributed by atoms with Crippen molar-refractivity contribution in [1.82, 2.24) is 0 Å². The van der Waals surface area contributed by atoms with Gasteiger partial charge in [-0.1, -0.05) is 51.5 Å². The average molecular weight is 318 g/mol. The van der Waals surface area contributed by atoms with Gasteiger partial charge in [0.1, 0.15) is 0 Å². The summed E-state index contributed by atoms with van der Waals surface area (Å²) in [5.74, 6) is 0. The smallest absolute Gasteiger partial charge is 0.0244 e. The Balaban J connectivity index is 3.75. The lowest BCUT2D eigenvalue weighted by molar-refractivity contribution is 0.920. The Labute approximate surface area is 109 Å². The molecule has 0 unspecified atom stereocenters. The quantitative estimate of drug-likeness (QED) is 0.429. The van der Waals surface area contributed by atoms with Gasteiger partial charge in [0.15, 0.2) is 0 Å². The average Bonchev–Trinajstić information content (AvgIpc) is 2.17. The second-order valence-electron chi connectivity index (χ2n) is 4.36. The minimum Gasteiger partial charge on any atom is -0.0856 e. The van der Waals surface area contributed by atoms with Crippen LogP contribution in [0.15, 0.2) is 33.0 Å². The van der Waals surface area contributed by atoms with Crippen LogP contribution in [-0.4, -0.2) is 0 Å². The fourth-order valence-electron chi connectivity index (χ4n) is 1.29. The van der Waals surface area contributed by atoms with E-state index in [1.807, 2.05) is 0 Å². The number of rotatable bonds is 6. The summed E-state index contributed by atoms with van der Waals surface area (Å²) in [6, 6.07) is 0. The highest BCUT2D eigenvalue weighted by atomic mass is 127. The molecule has 86 valence electrons. The van der Waals surface area contributed by atoms with Crippen molar-refractivity contribution in [2.75, 3.05) is 0 Å². The molecule has 0 aromatic heterocycles. The second-order valence-corrected chi connectivity index (χ2v) is 4.99. The molecule has 0 nitrogen and oxygen atoms in total. The van der Waals surface area contributed by atoms with Gasteiger partial charge in [0, 0.05) is 0 Å². The highest BCUT2D eigenvalue weighted by Crippen LogP contribution is 2.12. The van der Waals surface area contributed by atoms with Gasteiger partial charge < -0.3 is 0 Å². The molecule has 0 saturated carbocycles. The molecule has 1 heteroatoms. The summed E-state index contributed by atoms with van der Waals surface area (Å²) in [5.41, 5.74) is 4.42. The maximum atomic E-state index is 2.38. The molecule has 0 amide bonds. The summed E-state index contributed by atoms with van der Waals surface area (Å²) in [5, 5.41) is 0. The topological polar surface area (TPSA) is 0 Å². The van der Waals surface area contributed by atoms with Crippen LogP contribution >= 0.6 is 22.6 Å². The van der Waals surface area contributed by atoms with Crippen molar-refractivity contribution in [2.45, 2.75) is 53.4 Å². The summed E-state index contributed by atoms with van der Waals surface area (Å²) >= 11 is 2.31. The Kier molecular flexibility index (Phi) is 9.17. The molecule has 0 N–H and O–H groups in total. The minimum absolute atomic E-state index is 1.19. The van der Waals surface area contributed by atoms with Gasteiger partial charge in [-0.2, -0.15) is 0 Å². The Bertz CT molecular complexity index is 253. The van der Waals surface area contributed by atoms with Gasteiger partial charge in [-0.3, -0.25) is 0 Å². The van der Waals surface area contributed by atoms with Crippen LogP contribution < -0.4 is 0 Å². The van der Waals surface area contributed by atoms with Crippen LogP contribution in [-0.2, 0) is 0 Å². The zero-order valence-corrected chi connectivity index (χ0v) is 12.6. The Hall–Kier alpha value is -0.0500. The number of hydrogen-bond donors (Lipinski definition) is 0. The van der Waals surface area contributed by atoms with Gasteiger partial charge >= 0.3 is 0 Å². The molecule has 0 bridgehead atoms. The molecular weight excluding hydrogens is 295 g/mol. The van der Waals surface area contributed by atoms with Crippen molar-refractivity contribution < 1.29 is 0 Å². The fourth-order valence-corrected chi connectivity index (χ4v) is 1.60. The third-order valence-electron chi connectivity index (χ3n) is 2.31. The predicted octanol–water partition coefficient (Wildman–Crippen LogP) is 5.80. The molecular formula is C14H23I. The molecule has 0 fully saturated rings.